The van der Waals surface area contributed by atoms with Crippen LogP contribution in [0.1, 0.15) is 44.9 Å². The third-order valence-corrected chi connectivity index (χ3v) is 7.48. The van der Waals surface area contributed by atoms with Crippen LogP contribution in [0.3, 0.4) is 0 Å². The summed E-state index contributed by atoms with van der Waals surface area (Å²) in [4.78, 5) is 10.6. The molecule has 1 aliphatic rings. The van der Waals surface area contributed by atoms with E-state index in [0.717, 1.165) is 19.6 Å². The largest absolute Gasteiger partial charge is 0.483 e. The minimum atomic E-state index is -0.639. The summed E-state index contributed by atoms with van der Waals surface area (Å²) >= 11 is 12.5. The van der Waals surface area contributed by atoms with E-state index in [1.54, 1.807) is 25.3 Å². The van der Waals surface area contributed by atoms with Crippen LogP contribution in [0.4, 0.5) is 10.2 Å². The quantitative estimate of drug-likeness (QED) is 0.257. The Hall–Kier alpha value is -3.45. The number of aromatic nitrogens is 4. The molecule has 202 valence electrons. The normalized spacial score (nSPS) is 15.3. The first-order valence-electron chi connectivity index (χ1n) is 12.6. The van der Waals surface area contributed by atoms with Gasteiger partial charge in [-0.15, -0.1) is 0 Å². The minimum Gasteiger partial charge on any atom is -0.483 e. The molecule has 1 atom stereocenters. The Balaban J connectivity index is 1.43. The maximum Gasteiger partial charge on any atom is 0.176 e. The highest BCUT2D eigenvalue weighted by Gasteiger charge is 2.40. The second-order valence-electron chi connectivity index (χ2n) is 10.6. The Morgan fingerprint density at radius 2 is 1.92 bits per heavy atom. The van der Waals surface area contributed by atoms with E-state index in [9.17, 15) is 5.26 Å². The number of nitriles is 1. The fourth-order valence-corrected chi connectivity index (χ4v) is 5.59. The summed E-state index contributed by atoms with van der Waals surface area (Å²) in [5.41, 5.74) is 2.38. The fraction of sp³-hybridized carbons (Fsp3) is 0.357. The van der Waals surface area contributed by atoms with Gasteiger partial charge in [-0.1, -0.05) is 44.0 Å². The van der Waals surface area contributed by atoms with Gasteiger partial charge in [0.25, 0.3) is 0 Å². The third-order valence-electron chi connectivity index (χ3n) is 6.87. The average molecular weight is 568 g/mol. The van der Waals surface area contributed by atoms with Crippen molar-refractivity contribution in [1.82, 2.24) is 25.5 Å². The second kappa shape index (κ2) is 10.6. The van der Waals surface area contributed by atoms with Gasteiger partial charge in [-0.2, -0.15) is 10.4 Å². The summed E-state index contributed by atoms with van der Waals surface area (Å²) in [6.45, 7) is 10.7. The molecule has 0 unspecified atom stereocenters. The summed E-state index contributed by atoms with van der Waals surface area (Å²) < 4.78 is 21.8. The van der Waals surface area contributed by atoms with Gasteiger partial charge in [0.15, 0.2) is 11.6 Å². The van der Waals surface area contributed by atoms with Gasteiger partial charge in [-0.05, 0) is 25.1 Å². The number of nitrogens with one attached hydrogen (secondary N) is 2. The van der Waals surface area contributed by atoms with Crippen LogP contribution in [0.2, 0.25) is 10.0 Å². The number of fused-ring (bicyclic) bond motifs is 1. The van der Waals surface area contributed by atoms with Crippen LogP contribution < -0.4 is 15.0 Å². The number of hydrogen-bond donors (Lipinski definition) is 2. The van der Waals surface area contributed by atoms with Crippen molar-refractivity contribution < 1.29 is 9.13 Å². The molecule has 4 aromatic rings. The molecule has 1 saturated heterocycles. The van der Waals surface area contributed by atoms with Crippen LogP contribution in [0.5, 0.6) is 5.75 Å². The van der Waals surface area contributed by atoms with Gasteiger partial charge in [0, 0.05) is 60.8 Å². The van der Waals surface area contributed by atoms with Crippen LogP contribution >= 0.6 is 23.2 Å². The van der Waals surface area contributed by atoms with Gasteiger partial charge < -0.3 is 15.0 Å². The van der Waals surface area contributed by atoms with Crippen molar-refractivity contribution in [3.63, 3.8) is 0 Å². The molecule has 8 nitrogen and oxygen atoms in total. The molecule has 0 bridgehead atoms. The lowest BCUT2D eigenvalue weighted by Gasteiger charge is -2.49. The van der Waals surface area contributed by atoms with E-state index in [0.29, 0.717) is 49.8 Å². The van der Waals surface area contributed by atoms with E-state index in [1.165, 1.54) is 18.5 Å². The molecule has 4 heterocycles. The third kappa shape index (κ3) is 5.24. The summed E-state index contributed by atoms with van der Waals surface area (Å²) in [7, 11) is 0. The van der Waals surface area contributed by atoms with Crippen LogP contribution in [0.15, 0.2) is 36.8 Å². The van der Waals surface area contributed by atoms with Gasteiger partial charge >= 0.3 is 0 Å². The number of ether oxygens (including phenoxy) is 1. The Labute approximate surface area is 236 Å². The van der Waals surface area contributed by atoms with Crippen molar-refractivity contribution in [2.45, 2.75) is 39.8 Å². The highest BCUT2D eigenvalue weighted by molar-refractivity contribution is 6.35. The monoisotopic (exact) mass is 567 g/mol. The fourth-order valence-electron chi connectivity index (χ4n) is 4.92. The van der Waals surface area contributed by atoms with E-state index in [4.69, 9.17) is 27.9 Å². The Kier molecular flexibility index (Phi) is 7.38. The molecule has 0 amide bonds. The molecule has 1 aromatic carbocycles. The Morgan fingerprint density at radius 3 is 2.59 bits per heavy atom. The van der Waals surface area contributed by atoms with E-state index < -0.39 is 11.9 Å². The van der Waals surface area contributed by atoms with E-state index >= 15 is 4.39 Å². The number of benzene rings is 1. The number of H-pyrrole nitrogens is 1. The lowest BCUT2D eigenvalue weighted by Crippen LogP contribution is -2.60. The average Bonchev–Trinajstić information content (AvgIpc) is 3.32. The first-order valence-corrected chi connectivity index (χ1v) is 13.4. The topological polar surface area (TPSA) is 103 Å². The Morgan fingerprint density at radius 1 is 1.21 bits per heavy atom. The second-order valence-corrected chi connectivity index (χ2v) is 11.4. The summed E-state index contributed by atoms with van der Waals surface area (Å²) in [5, 5.41) is 21.5. The number of anilines is 1. The molecule has 1 aliphatic heterocycles. The zero-order valence-electron chi connectivity index (χ0n) is 22.0. The first kappa shape index (κ1) is 27.1. The highest BCUT2D eigenvalue weighted by Crippen LogP contribution is 2.39. The molecular weight excluding hydrogens is 540 g/mol. The van der Waals surface area contributed by atoms with Crippen molar-refractivity contribution in [2.24, 2.45) is 5.41 Å². The minimum absolute atomic E-state index is 0.0153. The number of hydrogen-bond acceptors (Lipinski definition) is 7. The first-order chi connectivity index (χ1) is 18.6. The molecule has 0 spiro atoms. The molecule has 2 N–H and O–H groups in total. The predicted molar refractivity (Wildman–Crippen MR) is 151 cm³/mol. The molecule has 0 aliphatic carbocycles. The number of halogens is 3. The van der Waals surface area contributed by atoms with Crippen molar-refractivity contribution in [3.8, 4) is 23.1 Å². The molecule has 0 radical (unpaired) electrons. The van der Waals surface area contributed by atoms with E-state index in [2.05, 4.69) is 57.2 Å². The number of rotatable bonds is 8. The number of aromatic amines is 1. The lowest BCUT2D eigenvalue weighted by molar-refractivity contribution is 0.217. The van der Waals surface area contributed by atoms with Crippen LogP contribution in [0.25, 0.3) is 22.2 Å². The molecule has 3 aromatic heterocycles. The summed E-state index contributed by atoms with van der Waals surface area (Å²) in [6.07, 6.45) is 3.91. The molecule has 39 heavy (non-hydrogen) atoms. The van der Waals surface area contributed by atoms with E-state index in [1.807, 2.05) is 0 Å². The van der Waals surface area contributed by atoms with Gasteiger partial charge in [-0.3, -0.25) is 10.1 Å². The maximum absolute atomic E-state index is 15.8. The van der Waals surface area contributed by atoms with Gasteiger partial charge in [-0.25, -0.2) is 9.37 Å². The SMILES string of the molecule is CC(C)NCC1(C)CN(c2ncc(-c3n[nH]c4ccc(O[C@H](C)c5c(Cl)cncc5Cl)c(F)c34)cc2C#N)C1. The van der Waals surface area contributed by atoms with Crippen molar-refractivity contribution in [2.75, 3.05) is 24.5 Å². The number of nitrogens with zero attached hydrogens (tertiary/aromatic N) is 5. The lowest BCUT2D eigenvalue weighted by atomic mass is 9.81. The van der Waals surface area contributed by atoms with Crippen LogP contribution in [-0.2, 0) is 0 Å². The molecule has 0 saturated carbocycles. The standard InChI is InChI=1S/C28H28Cl2FN7O/c1-15(2)35-12-28(4)13-38(14-28)27-17(8-32)7-18(9-34-27)26-24-21(36-37-26)5-6-22(25(24)31)39-16(3)23-19(29)10-33-11-20(23)30/h5-7,9-11,15-16,35H,12-14H2,1-4H3,(H,36,37)/t16-/m1/s1. The number of pyridine rings is 2. The van der Waals surface area contributed by atoms with Crippen LogP contribution in [0, 0.1) is 22.6 Å². The van der Waals surface area contributed by atoms with Crippen molar-refractivity contribution in [3.05, 3.63) is 63.8 Å². The summed E-state index contributed by atoms with van der Waals surface area (Å²) in [5.74, 6) is 0.0391. The highest BCUT2D eigenvalue weighted by atomic mass is 35.5. The van der Waals surface area contributed by atoms with Crippen LogP contribution in [-0.4, -0.2) is 45.8 Å². The predicted octanol–water partition coefficient (Wildman–Crippen LogP) is 6.30. The molecular formula is C28H28Cl2FN7O. The van der Waals surface area contributed by atoms with Gasteiger partial charge in [0.2, 0.25) is 0 Å². The maximum atomic E-state index is 15.8. The van der Waals surface area contributed by atoms with Crippen molar-refractivity contribution >= 4 is 39.9 Å². The Bertz CT molecular complexity index is 1560. The van der Waals surface area contributed by atoms with Gasteiger partial charge in [0.05, 0.1) is 26.5 Å². The molecule has 1 fully saturated rings. The zero-order valence-corrected chi connectivity index (χ0v) is 23.5. The van der Waals surface area contributed by atoms with Gasteiger partial charge in [0.1, 0.15) is 23.7 Å². The van der Waals surface area contributed by atoms with E-state index in [-0.39, 0.29) is 16.6 Å². The zero-order chi connectivity index (χ0) is 27.9. The summed E-state index contributed by atoms with van der Waals surface area (Å²) in [6, 6.07) is 7.57. The molecule has 5 rings (SSSR count). The smallest absolute Gasteiger partial charge is 0.176 e. The molecule has 11 heteroatoms. The van der Waals surface area contributed by atoms with Crippen molar-refractivity contribution in [1.29, 1.82) is 5.26 Å².